The molecule has 0 saturated carbocycles. The zero-order valence-electron chi connectivity index (χ0n) is 11.8. The van der Waals surface area contributed by atoms with Gasteiger partial charge < -0.3 is 14.8 Å². The van der Waals surface area contributed by atoms with Crippen LogP contribution in [0.15, 0.2) is 42.5 Å². The first-order valence-corrected chi connectivity index (χ1v) is 8.35. The van der Waals surface area contributed by atoms with E-state index in [9.17, 15) is 4.57 Å². The van der Waals surface area contributed by atoms with Crippen LogP contribution in [0.5, 0.6) is 0 Å². The third-order valence-corrected chi connectivity index (χ3v) is 5.30. The summed E-state index contributed by atoms with van der Waals surface area (Å²) < 4.78 is 23.5. The van der Waals surface area contributed by atoms with Gasteiger partial charge in [0.15, 0.2) is 0 Å². The molecular formula is C15H20NO3P. The molecule has 5 heteroatoms. The van der Waals surface area contributed by atoms with Crippen molar-refractivity contribution < 1.29 is 13.6 Å². The Hall–Kier alpha value is -1.19. The fourth-order valence-corrected chi connectivity index (χ4v) is 3.92. The lowest BCUT2D eigenvalue weighted by molar-refractivity contribution is 0.212. The van der Waals surface area contributed by atoms with Crippen LogP contribution in [0.1, 0.15) is 25.2 Å². The molecule has 0 heterocycles. The first-order valence-electron chi connectivity index (χ1n) is 6.74. The molecule has 0 radical (unpaired) electrons. The highest BCUT2D eigenvalue weighted by Crippen LogP contribution is 2.58. The van der Waals surface area contributed by atoms with Gasteiger partial charge in [0.2, 0.25) is 0 Å². The SMILES string of the molecule is CCOP(=O)(OCC)[C@H](N)c1cccc2ccccc12. The number of fused-ring (bicyclic) bond motifs is 1. The molecule has 4 nitrogen and oxygen atoms in total. The third kappa shape index (κ3) is 2.94. The van der Waals surface area contributed by atoms with Crippen LogP contribution in [-0.4, -0.2) is 13.2 Å². The highest BCUT2D eigenvalue weighted by Gasteiger charge is 2.34. The summed E-state index contributed by atoms with van der Waals surface area (Å²) in [5.74, 6) is -0.784. The zero-order chi connectivity index (χ0) is 14.6. The summed E-state index contributed by atoms with van der Waals surface area (Å²) in [4.78, 5) is 0. The van der Waals surface area contributed by atoms with Crippen molar-refractivity contribution in [1.82, 2.24) is 0 Å². The molecule has 0 aliphatic heterocycles. The van der Waals surface area contributed by atoms with E-state index in [1.165, 1.54) is 0 Å². The Balaban J connectivity index is 2.49. The van der Waals surface area contributed by atoms with Crippen molar-refractivity contribution in [2.24, 2.45) is 5.73 Å². The van der Waals surface area contributed by atoms with Crippen molar-refractivity contribution in [2.45, 2.75) is 19.6 Å². The third-order valence-electron chi connectivity index (χ3n) is 3.10. The number of hydrogen-bond donors (Lipinski definition) is 1. The van der Waals surface area contributed by atoms with Crippen LogP contribution in [0.25, 0.3) is 10.8 Å². The van der Waals surface area contributed by atoms with Gasteiger partial charge in [-0.3, -0.25) is 4.57 Å². The van der Waals surface area contributed by atoms with Gasteiger partial charge in [0.25, 0.3) is 0 Å². The van der Waals surface area contributed by atoms with Crippen molar-refractivity contribution in [3.63, 3.8) is 0 Å². The van der Waals surface area contributed by atoms with E-state index in [-0.39, 0.29) is 0 Å². The maximum Gasteiger partial charge on any atom is 0.351 e. The van der Waals surface area contributed by atoms with Gasteiger partial charge in [-0.25, -0.2) is 0 Å². The summed E-state index contributed by atoms with van der Waals surface area (Å²) in [7, 11) is -3.36. The van der Waals surface area contributed by atoms with E-state index in [1.807, 2.05) is 42.5 Å². The lowest BCUT2D eigenvalue weighted by Crippen LogP contribution is -2.15. The summed E-state index contributed by atoms with van der Waals surface area (Å²) in [5.41, 5.74) is 6.98. The number of hydrogen-bond acceptors (Lipinski definition) is 4. The Labute approximate surface area is 119 Å². The molecule has 0 saturated heterocycles. The van der Waals surface area contributed by atoms with Gasteiger partial charge in [-0.1, -0.05) is 42.5 Å². The van der Waals surface area contributed by atoms with E-state index >= 15 is 0 Å². The molecule has 0 bridgehead atoms. The molecule has 2 aromatic rings. The van der Waals surface area contributed by atoms with Gasteiger partial charge in [-0.2, -0.15) is 0 Å². The molecule has 0 aliphatic rings. The van der Waals surface area contributed by atoms with E-state index < -0.39 is 13.4 Å². The van der Waals surface area contributed by atoms with Crippen molar-refractivity contribution in [3.8, 4) is 0 Å². The monoisotopic (exact) mass is 293 g/mol. The van der Waals surface area contributed by atoms with Crippen LogP contribution >= 0.6 is 7.60 Å². The van der Waals surface area contributed by atoms with Gasteiger partial charge in [0.1, 0.15) is 5.78 Å². The van der Waals surface area contributed by atoms with E-state index in [0.717, 1.165) is 16.3 Å². The number of benzene rings is 2. The summed E-state index contributed by atoms with van der Waals surface area (Å²) in [6.45, 7) is 4.16. The molecule has 0 aromatic heterocycles. The number of rotatable bonds is 6. The first kappa shape index (κ1) is 15.2. The van der Waals surface area contributed by atoms with E-state index in [0.29, 0.717) is 13.2 Å². The minimum atomic E-state index is -3.36. The fourth-order valence-electron chi connectivity index (χ4n) is 2.24. The Morgan fingerprint density at radius 3 is 2.30 bits per heavy atom. The highest BCUT2D eigenvalue weighted by atomic mass is 31.2. The summed E-state index contributed by atoms with van der Waals surface area (Å²) in [6.07, 6.45) is 0. The van der Waals surface area contributed by atoms with Gasteiger partial charge in [-0.05, 0) is 30.2 Å². The minimum absolute atomic E-state index is 0.301. The topological polar surface area (TPSA) is 61.5 Å². The Morgan fingerprint density at radius 2 is 1.65 bits per heavy atom. The highest BCUT2D eigenvalue weighted by molar-refractivity contribution is 7.54. The minimum Gasteiger partial charge on any atom is -0.314 e. The van der Waals surface area contributed by atoms with Crippen molar-refractivity contribution in [3.05, 3.63) is 48.0 Å². The standard InChI is InChI=1S/C15H20NO3P/c1-3-18-20(17,19-4-2)15(16)14-11-7-9-12-8-5-6-10-13(12)14/h5-11,15H,3-4,16H2,1-2H3/t15-/m0/s1. The molecule has 108 valence electrons. The lowest BCUT2D eigenvalue weighted by Gasteiger charge is -2.24. The smallest absolute Gasteiger partial charge is 0.314 e. The molecule has 0 spiro atoms. The predicted octanol–water partition coefficient (Wildman–Crippen LogP) is 4.06. The second kappa shape index (κ2) is 6.51. The maximum absolute atomic E-state index is 12.8. The van der Waals surface area contributed by atoms with Crippen LogP contribution in [0.4, 0.5) is 0 Å². The summed E-state index contributed by atoms with van der Waals surface area (Å²) in [6, 6.07) is 13.6. The predicted molar refractivity (Wildman–Crippen MR) is 81.7 cm³/mol. The van der Waals surface area contributed by atoms with Crippen molar-refractivity contribution in [1.29, 1.82) is 0 Å². The molecule has 20 heavy (non-hydrogen) atoms. The maximum atomic E-state index is 12.8. The van der Waals surface area contributed by atoms with Crippen LogP contribution < -0.4 is 5.73 Å². The Morgan fingerprint density at radius 1 is 1.05 bits per heavy atom. The number of nitrogens with two attached hydrogens (primary N) is 1. The van der Waals surface area contributed by atoms with Gasteiger partial charge in [0, 0.05) is 0 Å². The fraction of sp³-hybridized carbons (Fsp3) is 0.333. The Bertz CT molecular complexity index is 614. The lowest BCUT2D eigenvalue weighted by atomic mass is 10.0. The molecule has 1 atom stereocenters. The van der Waals surface area contributed by atoms with Crippen molar-refractivity contribution in [2.75, 3.05) is 13.2 Å². The molecule has 0 fully saturated rings. The molecular weight excluding hydrogens is 273 g/mol. The van der Waals surface area contributed by atoms with Gasteiger partial charge >= 0.3 is 7.60 Å². The van der Waals surface area contributed by atoms with Crippen LogP contribution in [0, 0.1) is 0 Å². The summed E-state index contributed by atoms with van der Waals surface area (Å²) in [5, 5.41) is 2.03. The zero-order valence-corrected chi connectivity index (χ0v) is 12.7. The average molecular weight is 293 g/mol. The average Bonchev–Trinajstić information content (AvgIpc) is 2.46. The first-order chi connectivity index (χ1) is 9.62. The van der Waals surface area contributed by atoms with Crippen molar-refractivity contribution >= 4 is 18.4 Å². The molecule has 0 aliphatic carbocycles. The van der Waals surface area contributed by atoms with Gasteiger partial charge in [0.05, 0.1) is 13.2 Å². The second-order valence-electron chi connectivity index (χ2n) is 4.39. The molecule has 2 rings (SSSR count). The van der Waals surface area contributed by atoms with Gasteiger partial charge in [-0.15, -0.1) is 0 Å². The van der Waals surface area contributed by atoms with E-state index in [1.54, 1.807) is 13.8 Å². The largest absolute Gasteiger partial charge is 0.351 e. The molecule has 2 N–H and O–H groups in total. The van der Waals surface area contributed by atoms with E-state index in [4.69, 9.17) is 14.8 Å². The Kier molecular flexibility index (Phi) is 4.95. The summed E-state index contributed by atoms with van der Waals surface area (Å²) >= 11 is 0. The van der Waals surface area contributed by atoms with Crippen LogP contribution in [-0.2, 0) is 13.6 Å². The van der Waals surface area contributed by atoms with E-state index in [2.05, 4.69) is 0 Å². The molecule has 0 amide bonds. The second-order valence-corrected chi connectivity index (χ2v) is 6.54. The quantitative estimate of drug-likeness (QED) is 0.816. The van der Waals surface area contributed by atoms with Crippen LogP contribution in [0.3, 0.4) is 0 Å². The van der Waals surface area contributed by atoms with Crippen LogP contribution in [0.2, 0.25) is 0 Å². The molecule has 2 aromatic carbocycles. The molecule has 0 unspecified atom stereocenters. The normalized spacial score (nSPS) is 13.6.